The van der Waals surface area contributed by atoms with Crippen molar-refractivity contribution in [3.8, 4) is 5.88 Å². The summed E-state index contributed by atoms with van der Waals surface area (Å²) in [4.78, 5) is 8.59. The molecule has 2 unspecified atom stereocenters. The number of nitrogens with two attached hydrogens (primary N) is 1. The van der Waals surface area contributed by atoms with E-state index in [4.69, 9.17) is 10.5 Å². The van der Waals surface area contributed by atoms with Gasteiger partial charge in [0, 0.05) is 0 Å². The molecule has 2 heterocycles. The van der Waals surface area contributed by atoms with Gasteiger partial charge < -0.3 is 10.5 Å². The van der Waals surface area contributed by atoms with Crippen LogP contribution in [0.4, 0.5) is 0 Å². The molecule has 2 aromatic rings. The van der Waals surface area contributed by atoms with Gasteiger partial charge in [0.1, 0.15) is 11.0 Å². The lowest BCUT2D eigenvalue weighted by atomic mass is 9.97. The van der Waals surface area contributed by atoms with Crippen LogP contribution in [0.1, 0.15) is 24.8 Å². The number of hydrogen-bond acceptors (Lipinski definition) is 5. The summed E-state index contributed by atoms with van der Waals surface area (Å²) < 4.78 is 7.01. The van der Waals surface area contributed by atoms with Crippen molar-refractivity contribution in [2.75, 3.05) is 13.2 Å². The first-order chi connectivity index (χ1) is 9.29. The summed E-state index contributed by atoms with van der Waals surface area (Å²) in [6.07, 6.45) is 5.32. The third-order valence-electron chi connectivity index (χ3n) is 4.05. The van der Waals surface area contributed by atoms with Crippen LogP contribution in [0.5, 0.6) is 5.88 Å². The van der Waals surface area contributed by atoms with Crippen molar-refractivity contribution >= 4 is 21.6 Å². The van der Waals surface area contributed by atoms with Crippen LogP contribution < -0.4 is 10.5 Å². The summed E-state index contributed by atoms with van der Waals surface area (Å²) in [5.41, 5.74) is 8.01. The van der Waals surface area contributed by atoms with Gasteiger partial charge in [-0.2, -0.15) is 0 Å². The lowest BCUT2D eigenvalue weighted by molar-refractivity contribution is 0.213. The standard InChI is InChI=1S/C14H19N3OS/c1-9-7-19-13-12(9)16-8-17-14(13)18-6-11-4-2-3-10(11)5-15/h7-8,10-11H,2-6,15H2,1H3. The van der Waals surface area contributed by atoms with Gasteiger partial charge in [-0.15, -0.1) is 11.3 Å². The van der Waals surface area contributed by atoms with E-state index < -0.39 is 0 Å². The molecule has 0 spiro atoms. The summed E-state index contributed by atoms with van der Waals surface area (Å²) in [6, 6.07) is 0. The fraction of sp³-hybridized carbons (Fsp3) is 0.571. The highest BCUT2D eigenvalue weighted by atomic mass is 32.1. The fourth-order valence-electron chi connectivity index (χ4n) is 2.88. The number of hydrogen-bond donors (Lipinski definition) is 1. The molecular formula is C14H19N3OS. The quantitative estimate of drug-likeness (QED) is 0.933. The maximum Gasteiger partial charge on any atom is 0.234 e. The summed E-state index contributed by atoms with van der Waals surface area (Å²) in [7, 11) is 0. The smallest absolute Gasteiger partial charge is 0.234 e. The van der Waals surface area contributed by atoms with Gasteiger partial charge in [0.15, 0.2) is 0 Å². The first-order valence-electron chi connectivity index (χ1n) is 6.81. The Morgan fingerprint density at radius 3 is 3.05 bits per heavy atom. The van der Waals surface area contributed by atoms with Gasteiger partial charge in [-0.25, -0.2) is 9.97 Å². The molecule has 4 nitrogen and oxygen atoms in total. The van der Waals surface area contributed by atoms with Gasteiger partial charge in [-0.1, -0.05) is 6.42 Å². The molecule has 5 heteroatoms. The zero-order chi connectivity index (χ0) is 13.2. The minimum Gasteiger partial charge on any atom is -0.476 e. The molecule has 0 amide bonds. The van der Waals surface area contributed by atoms with E-state index in [0.717, 1.165) is 29.2 Å². The molecule has 2 N–H and O–H groups in total. The van der Waals surface area contributed by atoms with E-state index in [1.807, 2.05) is 0 Å². The SMILES string of the molecule is Cc1csc2c(OCC3CCCC3CN)ncnc12. The third kappa shape index (κ3) is 2.44. The first kappa shape index (κ1) is 12.8. The minimum absolute atomic E-state index is 0.580. The molecule has 0 radical (unpaired) electrons. The van der Waals surface area contributed by atoms with Gasteiger partial charge >= 0.3 is 0 Å². The normalized spacial score (nSPS) is 23.1. The van der Waals surface area contributed by atoms with E-state index in [1.165, 1.54) is 24.8 Å². The van der Waals surface area contributed by atoms with E-state index in [0.29, 0.717) is 11.8 Å². The Morgan fingerprint density at radius 2 is 2.21 bits per heavy atom. The topological polar surface area (TPSA) is 61.0 Å². The summed E-state index contributed by atoms with van der Waals surface area (Å²) >= 11 is 1.65. The van der Waals surface area contributed by atoms with Crippen LogP contribution in [-0.4, -0.2) is 23.1 Å². The molecular weight excluding hydrogens is 258 g/mol. The van der Waals surface area contributed by atoms with Crippen LogP contribution in [0.25, 0.3) is 10.2 Å². The van der Waals surface area contributed by atoms with Crippen molar-refractivity contribution in [2.24, 2.45) is 17.6 Å². The molecule has 19 heavy (non-hydrogen) atoms. The molecule has 0 aliphatic heterocycles. The Labute approximate surface area is 117 Å². The van der Waals surface area contributed by atoms with Crippen LogP contribution in [0, 0.1) is 18.8 Å². The number of aryl methyl sites for hydroxylation is 1. The molecule has 0 aromatic carbocycles. The van der Waals surface area contributed by atoms with E-state index in [-0.39, 0.29) is 0 Å². The Kier molecular flexibility index (Phi) is 3.66. The number of nitrogens with zero attached hydrogens (tertiary/aromatic N) is 2. The first-order valence-corrected chi connectivity index (χ1v) is 7.69. The lowest BCUT2D eigenvalue weighted by Gasteiger charge is -2.17. The Balaban J connectivity index is 1.75. The molecule has 0 bridgehead atoms. The highest BCUT2D eigenvalue weighted by molar-refractivity contribution is 7.17. The molecule has 1 saturated carbocycles. The van der Waals surface area contributed by atoms with Crippen molar-refractivity contribution in [1.82, 2.24) is 9.97 Å². The van der Waals surface area contributed by atoms with Crippen molar-refractivity contribution in [2.45, 2.75) is 26.2 Å². The summed E-state index contributed by atoms with van der Waals surface area (Å²) in [6.45, 7) is 3.56. The second-order valence-electron chi connectivity index (χ2n) is 5.27. The van der Waals surface area contributed by atoms with Crippen molar-refractivity contribution < 1.29 is 4.74 Å². The second kappa shape index (κ2) is 5.43. The number of thiophene rings is 1. The molecule has 1 fully saturated rings. The van der Waals surface area contributed by atoms with Crippen LogP contribution in [0.15, 0.2) is 11.7 Å². The number of ether oxygens (including phenoxy) is 1. The third-order valence-corrected chi connectivity index (χ3v) is 5.13. The van der Waals surface area contributed by atoms with E-state index >= 15 is 0 Å². The predicted octanol–water partition coefficient (Wildman–Crippen LogP) is 2.75. The molecule has 2 atom stereocenters. The Hall–Kier alpha value is -1.20. The molecule has 1 aliphatic carbocycles. The van der Waals surface area contributed by atoms with E-state index in [2.05, 4.69) is 22.3 Å². The van der Waals surface area contributed by atoms with Gasteiger partial charge in [-0.3, -0.25) is 0 Å². The van der Waals surface area contributed by atoms with E-state index in [1.54, 1.807) is 17.7 Å². The predicted molar refractivity (Wildman–Crippen MR) is 77.5 cm³/mol. The van der Waals surface area contributed by atoms with E-state index in [9.17, 15) is 0 Å². The number of rotatable bonds is 4. The zero-order valence-electron chi connectivity index (χ0n) is 11.1. The zero-order valence-corrected chi connectivity index (χ0v) is 11.9. The Bertz CT molecular complexity index is 569. The van der Waals surface area contributed by atoms with Crippen LogP contribution >= 0.6 is 11.3 Å². The van der Waals surface area contributed by atoms with Crippen molar-refractivity contribution in [3.63, 3.8) is 0 Å². The maximum atomic E-state index is 5.95. The van der Waals surface area contributed by atoms with Gasteiger partial charge in [0.05, 0.1) is 12.1 Å². The molecule has 2 aromatic heterocycles. The Morgan fingerprint density at radius 1 is 1.37 bits per heavy atom. The number of aromatic nitrogens is 2. The molecule has 3 rings (SSSR count). The monoisotopic (exact) mass is 277 g/mol. The number of fused-ring (bicyclic) bond motifs is 1. The maximum absolute atomic E-state index is 5.95. The van der Waals surface area contributed by atoms with Gasteiger partial charge in [0.25, 0.3) is 0 Å². The highest BCUT2D eigenvalue weighted by Crippen LogP contribution is 2.33. The average Bonchev–Trinajstić information content (AvgIpc) is 3.03. The van der Waals surface area contributed by atoms with Gasteiger partial charge in [-0.05, 0) is 49.1 Å². The van der Waals surface area contributed by atoms with Crippen molar-refractivity contribution in [3.05, 3.63) is 17.3 Å². The van der Waals surface area contributed by atoms with Crippen molar-refractivity contribution in [1.29, 1.82) is 0 Å². The van der Waals surface area contributed by atoms with Gasteiger partial charge in [0.2, 0.25) is 5.88 Å². The fourth-order valence-corrected chi connectivity index (χ4v) is 3.82. The lowest BCUT2D eigenvalue weighted by Crippen LogP contribution is -2.23. The van der Waals surface area contributed by atoms with Crippen LogP contribution in [0.2, 0.25) is 0 Å². The highest BCUT2D eigenvalue weighted by Gasteiger charge is 2.27. The van der Waals surface area contributed by atoms with Crippen LogP contribution in [0.3, 0.4) is 0 Å². The molecule has 0 saturated heterocycles. The van der Waals surface area contributed by atoms with Crippen LogP contribution in [-0.2, 0) is 0 Å². The summed E-state index contributed by atoms with van der Waals surface area (Å²) in [5, 5.41) is 2.10. The second-order valence-corrected chi connectivity index (χ2v) is 6.15. The largest absolute Gasteiger partial charge is 0.476 e. The average molecular weight is 277 g/mol. The summed E-state index contributed by atoms with van der Waals surface area (Å²) in [5.74, 6) is 1.92. The molecule has 102 valence electrons. The molecule has 1 aliphatic rings. The minimum atomic E-state index is 0.580.